The molecule has 0 heterocycles. The van der Waals surface area contributed by atoms with Crippen molar-refractivity contribution in [1.29, 1.82) is 0 Å². The van der Waals surface area contributed by atoms with Crippen LogP contribution in [0.1, 0.15) is 52.9 Å². The van der Waals surface area contributed by atoms with Gasteiger partial charge >= 0.3 is 0 Å². The Kier molecular flexibility index (Phi) is 1.97. The van der Waals surface area contributed by atoms with Crippen LogP contribution in [0.5, 0.6) is 0 Å². The second kappa shape index (κ2) is 2.75. The fraction of sp³-hybridized carbons (Fsp3) is 1.00. The van der Waals surface area contributed by atoms with Crippen LogP contribution in [0.4, 0.5) is 0 Å². The van der Waals surface area contributed by atoms with Gasteiger partial charge in [-0.05, 0) is 36.0 Å². The van der Waals surface area contributed by atoms with Gasteiger partial charge < -0.3 is 0 Å². The average Bonchev–Trinajstić information content (AvgIpc) is 2.90. The summed E-state index contributed by atoms with van der Waals surface area (Å²) < 4.78 is 0. The molecule has 0 saturated heterocycles. The molecule has 2 saturated carbocycles. The van der Waals surface area contributed by atoms with Crippen molar-refractivity contribution >= 4 is 0 Å². The first-order valence-corrected chi connectivity index (χ1v) is 5.77. The van der Waals surface area contributed by atoms with Gasteiger partial charge in [-0.2, -0.15) is 0 Å². The lowest BCUT2D eigenvalue weighted by molar-refractivity contribution is 0.554. The topological polar surface area (TPSA) is 0 Å². The van der Waals surface area contributed by atoms with Crippen LogP contribution in [-0.2, 0) is 0 Å². The van der Waals surface area contributed by atoms with Gasteiger partial charge in [0.05, 0.1) is 0 Å². The minimum Gasteiger partial charge on any atom is -0.0654 e. The zero-order chi connectivity index (χ0) is 8.77. The molecule has 4 atom stereocenters. The fourth-order valence-electron chi connectivity index (χ4n) is 3.69. The molecule has 4 unspecified atom stereocenters. The van der Waals surface area contributed by atoms with Gasteiger partial charge in [0, 0.05) is 0 Å². The van der Waals surface area contributed by atoms with Crippen molar-refractivity contribution in [3.63, 3.8) is 0 Å². The maximum Gasteiger partial charge on any atom is -0.0207 e. The molecular weight excluding hydrogens is 144 g/mol. The summed E-state index contributed by atoms with van der Waals surface area (Å²) in [4.78, 5) is 0. The monoisotopic (exact) mass is 166 g/mol. The summed E-state index contributed by atoms with van der Waals surface area (Å²) >= 11 is 0. The smallest absolute Gasteiger partial charge is 0.0207 e. The lowest BCUT2D eigenvalue weighted by Crippen LogP contribution is -1.85. The molecule has 0 amide bonds. The average molecular weight is 166 g/mol. The largest absolute Gasteiger partial charge is 0.0654 e. The van der Waals surface area contributed by atoms with E-state index >= 15 is 0 Å². The zero-order valence-corrected chi connectivity index (χ0v) is 8.77. The first-order valence-electron chi connectivity index (χ1n) is 5.77. The van der Waals surface area contributed by atoms with Gasteiger partial charge in [-0.3, -0.25) is 0 Å². The van der Waals surface area contributed by atoms with Crippen LogP contribution in [0.25, 0.3) is 0 Å². The lowest BCUT2D eigenvalue weighted by Gasteiger charge is -1.95. The molecule has 0 heteroatoms. The fourth-order valence-corrected chi connectivity index (χ4v) is 3.69. The quantitative estimate of drug-likeness (QED) is 0.595. The molecule has 0 bridgehead atoms. The van der Waals surface area contributed by atoms with Gasteiger partial charge in [-0.25, -0.2) is 0 Å². The second-order valence-corrected chi connectivity index (χ2v) is 4.96. The van der Waals surface area contributed by atoms with Crippen molar-refractivity contribution in [3.8, 4) is 0 Å². The van der Waals surface area contributed by atoms with E-state index in [4.69, 9.17) is 0 Å². The summed E-state index contributed by atoms with van der Waals surface area (Å²) in [5, 5.41) is 0. The minimum absolute atomic E-state index is 0.893. The molecular formula is C12H22. The van der Waals surface area contributed by atoms with Crippen molar-refractivity contribution < 1.29 is 0 Å². The Balaban J connectivity index is 1.80. The molecule has 70 valence electrons. The van der Waals surface area contributed by atoms with E-state index in [2.05, 4.69) is 20.8 Å². The van der Waals surface area contributed by atoms with Gasteiger partial charge in [0.2, 0.25) is 0 Å². The Morgan fingerprint density at radius 3 is 2.58 bits per heavy atom. The van der Waals surface area contributed by atoms with Crippen LogP contribution in [0, 0.1) is 23.2 Å². The maximum absolute atomic E-state index is 2.47. The highest BCUT2D eigenvalue weighted by atomic mass is 14.8. The lowest BCUT2D eigenvalue weighted by atomic mass is 10.1. The Labute approximate surface area is 76.7 Å². The molecule has 2 aliphatic carbocycles. The van der Waals surface area contributed by atoms with E-state index < -0.39 is 0 Å². The predicted molar refractivity (Wildman–Crippen MR) is 53.0 cm³/mol. The number of unbranched alkanes of at least 4 members (excludes halogenated alkanes) is 1. The molecule has 0 aromatic heterocycles. The van der Waals surface area contributed by atoms with Crippen LogP contribution < -0.4 is 0 Å². The molecule has 1 spiro atoms. The van der Waals surface area contributed by atoms with Gasteiger partial charge in [0.25, 0.3) is 0 Å². The second-order valence-electron chi connectivity index (χ2n) is 4.96. The van der Waals surface area contributed by atoms with Crippen LogP contribution in [0.2, 0.25) is 0 Å². The van der Waals surface area contributed by atoms with Crippen molar-refractivity contribution in [2.24, 2.45) is 23.2 Å². The third kappa shape index (κ3) is 0.963. The highest BCUT2D eigenvalue weighted by Gasteiger charge is 2.73. The summed E-state index contributed by atoms with van der Waals surface area (Å²) in [5.41, 5.74) is 0.893. The molecule has 0 aromatic rings. The summed E-state index contributed by atoms with van der Waals surface area (Å²) in [7, 11) is 0. The molecule has 0 aliphatic heterocycles. The van der Waals surface area contributed by atoms with E-state index in [1.807, 2.05) is 0 Å². The predicted octanol–water partition coefficient (Wildman–Crippen LogP) is 3.86. The molecule has 2 aliphatic rings. The van der Waals surface area contributed by atoms with Crippen molar-refractivity contribution in [3.05, 3.63) is 0 Å². The molecule has 0 N–H and O–H groups in total. The number of rotatable bonds is 4. The minimum atomic E-state index is 0.893. The normalized spacial score (nSPS) is 49.8. The van der Waals surface area contributed by atoms with Crippen molar-refractivity contribution in [1.82, 2.24) is 0 Å². The first-order chi connectivity index (χ1) is 5.77. The van der Waals surface area contributed by atoms with E-state index in [1.165, 1.54) is 25.7 Å². The Morgan fingerprint density at radius 2 is 2.08 bits per heavy atom. The third-order valence-corrected chi connectivity index (χ3v) is 4.58. The van der Waals surface area contributed by atoms with E-state index in [-0.39, 0.29) is 0 Å². The molecule has 0 nitrogen and oxygen atoms in total. The molecule has 0 radical (unpaired) electrons. The van der Waals surface area contributed by atoms with E-state index in [0.717, 1.165) is 23.2 Å². The number of hydrogen-bond donors (Lipinski definition) is 0. The SMILES string of the molecule is CCCCC1CC12C(C)C2CC. The maximum atomic E-state index is 2.47. The summed E-state index contributed by atoms with van der Waals surface area (Å²) in [6.07, 6.45) is 7.39. The molecule has 2 fully saturated rings. The standard InChI is InChI=1S/C12H22/c1-4-6-7-10-8-12(10)9(3)11(12)5-2/h9-11H,4-8H2,1-3H3. The molecule has 2 rings (SSSR count). The van der Waals surface area contributed by atoms with Crippen molar-refractivity contribution in [2.75, 3.05) is 0 Å². The van der Waals surface area contributed by atoms with Crippen LogP contribution in [0.3, 0.4) is 0 Å². The first kappa shape index (κ1) is 8.59. The highest BCUT2D eigenvalue weighted by Crippen LogP contribution is 2.80. The third-order valence-electron chi connectivity index (χ3n) is 4.58. The van der Waals surface area contributed by atoms with Crippen molar-refractivity contribution in [2.45, 2.75) is 52.9 Å². The Bertz CT molecular complexity index is 171. The Hall–Kier alpha value is 0. The molecule has 0 aromatic carbocycles. The highest BCUT2D eigenvalue weighted by molar-refractivity contribution is 5.21. The van der Waals surface area contributed by atoms with Gasteiger partial charge in [0.1, 0.15) is 0 Å². The summed E-state index contributed by atoms with van der Waals surface area (Å²) in [6, 6.07) is 0. The van der Waals surface area contributed by atoms with Gasteiger partial charge in [0.15, 0.2) is 0 Å². The summed E-state index contributed by atoms with van der Waals surface area (Å²) in [5.74, 6) is 3.32. The Morgan fingerprint density at radius 1 is 1.33 bits per heavy atom. The van der Waals surface area contributed by atoms with Crippen LogP contribution in [-0.4, -0.2) is 0 Å². The van der Waals surface area contributed by atoms with E-state index in [1.54, 1.807) is 6.42 Å². The van der Waals surface area contributed by atoms with Crippen LogP contribution in [0.15, 0.2) is 0 Å². The van der Waals surface area contributed by atoms with Gasteiger partial charge in [-0.15, -0.1) is 0 Å². The van der Waals surface area contributed by atoms with E-state index in [0.29, 0.717) is 0 Å². The zero-order valence-electron chi connectivity index (χ0n) is 8.77. The summed E-state index contributed by atoms with van der Waals surface area (Å²) in [6.45, 7) is 7.15. The molecule has 12 heavy (non-hydrogen) atoms. The van der Waals surface area contributed by atoms with Crippen LogP contribution >= 0.6 is 0 Å². The number of hydrogen-bond acceptors (Lipinski definition) is 0. The van der Waals surface area contributed by atoms with E-state index in [9.17, 15) is 0 Å². The van der Waals surface area contributed by atoms with Gasteiger partial charge in [-0.1, -0.05) is 40.0 Å².